The van der Waals surface area contributed by atoms with Crippen molar-refractivity contribution in [3.05, 3.63) is 18.0 Å². The van der Waals surface area contributed by atoms with Gasteiger partial charge in [0.15, 0.2) is 11.5 Å². The van der Waals surface area contributed by atoms with Gasteiger partial charge in [0.2, 0.25) is 0 Å². The summed E-state index contributed by atoms with van der Waals surface area (Å²) in [6.45, 7) is 2.36. The van der Waals surface area contributed by atoms with E-state index in [2.05, 4.69) is 27.5 Å². The first-order chi connectivity index (χ1) is 10.2. The van der Waals surface area contributed by atoms with E-state index in [1.807, 2.05) is 16.6 Å². The number of fused-ring (bicyclic) bond motifs is 1. The van der Waals surface area contributed by atoms with Crippen LogP contribution in [0, 0.1) is 5.41 Å². The Morgan fingerprint density at radius 1 is 1.33 bits per heavy atom. The van der Waals surface area contributed by atoms with Gasteiger partial charge in [0.05, 0.1) is 6.61 Å². The van der Waals surface area contributed by atoms with Crippen molar-refractivity contribution >= 4 is 11.5 Å². The molecule has 2 aromatic heterocycles. The van der Waals surface area contributed by atoms with E-state index < -0.39 is 0 Å². The molecule has 2 aromatic rings. The van der Waals surface area contributed by atoms with Gasteiger partial charge in [-0.25, -0.2) is 0 Å². The average Bonchev–Trinajstić information content (AvgIpc) is 3.15. The quantitative estimate of drug-likeness (QED) is 0.899. The van der Waals surface area contributed by atoms with E-state index in [-0.39, 0.29) is 18.1 Å². The van der Waals surface area contributed by atoms with Gasteiger partial charge in [0.1, 0.15) is 5.82 Å². The number of hydrogen-bond acceptors (Lipinski definition) is 5. The first kappa shape index (κ1) is 13.0. The SMILES string of the molecule is C[C@@]1(CO)CCC[C@@H]1Nc1ccc2nnc(C3CC3)n2n1. The maximum atomic E-state index is 9.65. The van der Waals surface area contributed by atoms with Crippen molar-refractivity contribution in [3.8, 4) is 0 Å². The Balaban J connectivity index is 1.63. The van der Waals surface area contributed by atoms with Crippen molar-refractivity contribution in [2.24, 2.45) is 5.41 Å². The Morgan fingerprint density at radius 2 is 2.19 bits per heavy atom. The number of aliphatic hydroxyl groups is 1. The molecule has 0 bridgehead atoms. The summed E-state index contributed by atoms with van der Waals surface area (Å²) >= 11 is 0. The van der Waals surface area contributed by atoms with Crippen LogP contribution >= 0.6 is 0 Å². The third kappa shape index (κ3) is 2.18. The van der Waals surface area contributed by atoms with Crippen LogP contribution in [0.5, 0.6) is 0 Å². The van der Waals surface area contributed by atoms with Crippen molar-refractivity contribution in [1.29, 1.82) is 0 Å². The first-order valence-electron chi connectivity index (χ1n) is 7.79. The lowest BCUT2D eigenvalue weighted by Gasteiger charge is -2.30. The normalized spacial score (nSPS) is 29.1. The summed E-state index contributed by atoms with van der Waals surface area (Å²) < 4.78 is 1.87. The standard InChI is InChI=1S/C15H21N5O/c1-15(9-21)8-2-3-11(15)16-12-6-7-13-17-18-14(10-4-5-10)20(13)19-12/h6-7,10-11,21H,2-5,8-9H2,1H3,(H,16,19)/t11-,15-/m0/s1. The predicted molar refractivity (Wildman–Crippen MR) is 79.2 cm³/mol. The van der Waals surface area contributed by atoms with Crippen LogP contribution in [0.2, 0.25) is 0 Å². The molecular weight excluding hydrogens is 266 g/mol. The summed E-state index contributed by atoms with van der Waals surface area (Å²) in [7, 11) is 0. The van der Waals surface area contributed by atoms with Gasteiger partial charge in [-0.3, -0.25) is 0 Å². The number of nitrogens with zero attached hydrogens (tertiary/aromatic N) is 4. The Bertz CT molecular complexity index is 665. The highest BCUT2D eigenvalue weighted by atomic mass is 16.3. The topological polar surface area (TPSA) is 75.3 Å². The van der Waals surface area contributed by atoms with Gasteiger partial charge in [-0.1, -0.05) is 13.3 Å². The van der Waals surface area contributed by atoms with Gasteiger partial charge in [0, 0.05) is 17.4 Å². The Morgan fingerprint density at radius 3 is 2.95 bits per heavy atom. The fourth-order valence-electron chi connectivity index (χ4n) is 3.33. The highest BCUT2D eigenvalue weighted by molar-refractivity contribution is 5.45. The molecule has 0 radical (unpaired) electrons. The fourth-order valence-corrected chi connectivity index (χ4v) is 3.33. The van der Waals surface area contributed by atoms with Gasteiger partial charge in [-0.15, -0.1) is 15.3 Å². The van der Waals surface area contributed by atoms with Gasteiger partial charge in [-0.2, -0.15) is 4.52 Å². The molecule has 2 saturated carbocycles. The van der Waals surface area contributed by atoms with Crippen LogP contribution in [0.1, 0.15) is 50.8 Å². The van der Waals surface area contributed by atoms with E-state index in [0.29, 0.717) is 5.92 Å². The second-order valence-electron chi connectivity index (χ2n) is 6.72. The Kier molecular flexibility index (Phi) is 2.89. The maximum Gasteiger partial charge on any atom is 0.178 e. The zero-order valence-corrected chi connectivity index (χ0v) is 12.3. The third-order valence-electron chi connectivity index (χ3n) is 4.99. The molecule has 2 aliphatic carbocycles. The van der Waals surface area contributed by atoms with Crippen molar-refractivity contribution in [1.82, 2.24) is 19.8 Å². The number of anilines is 1. The molecule has 0 aliphatic heterocycles. The Labute approximate surface area is 123 Å². The first-order valence-corrected chi connectivity index (χ1v) is 7.79. The summed E-state index contributed by atoms with van der Waals surface area (Å²) in [6, 6.07) is 4.18. The molecule has 0 saturated heterocycles. The van der Waals surface area contributed by atoms with Crippen LogP contribution in [0.15, 0.2) is 12.1 Å². The molecule has 4 rings (SSSR count). The monoisotopic (exact) mass is 287 g/mol. The number of rotatable bonds is 4. The van der Waals surface area contributed by atoms with Crippen LogP contribution in [-0.4, -0.2) is 37.6 Å². The average molecular weight is 287 g/mol. The van der Waals surface area contributed by atoms with E-state index in [1.165, 1.54) is 12.8 Å². The summed E-state index contributed by atoms with van der Waals surface area (Å²) in [5, 5.41) is 26.3. The molecule has 6 nitrogen and oxygen atoms in total. The van der Waals surface area contributed by atoms with Gasteiger partial charge < -0.3 is 10.4 Å². The van der Waals surface area contributed by atoms with Gasteiger partial charge in [-0.05, 0) is 37.8 Å². The lowest BCUT2D eigenvalue weighted by Crippen LogP contribution is -2.36. The molecule has 2 N–H and O–H groups in total. The lowest BCUT2D eigenvalue weighted by molar-refractivity contribution is 0.139. The van der Waals surface area contributed by atoms with Crippen LogP contribution in [0.4, 0.5) is 5.82 Å². The van der Waals surface area contributed by atoms with Crippen LogP contribution in [0.3, 0.4) is 0 Å². The van der Waals surface area contributed by atoms with Gasteiger partial charge >= 0.3 is 0 Å². The van der Waals surface area contributed by atoms with Crippen LogP contribution in [-0.2, 0) is 0 Å². The zero-order valence-electron chi connectivity index (χ0n) is 12.3. The molecule has 2 atom stereocenters. The summed E-state index contributed by atoms with van der Waals surface area (Å²) in [4.78, 5) is 0. The van der Waals surface area contributed by atoms with E-state index in [0.717, 1.165) is 36.6 Å². The minimum Gasteiger partial charge on any atom is -0.396 e. The summed E-state index contributed by atoms with van der Waals surface area (Å²) in [5.41, 5.74) is 0.752. The molecule has 112 valence electrons. The minimum absolute atomic E-state index is 0.0524. The fraction of sp³-hybridized carbons (Fsp3) is 0.667. The van der Waals surface area contributed by atoms with Gasteiger partial charge in [0.25, 0.3) is 0 Å². The molecule has 0 unspecified atom stereocenters. The number of hydrogen-bond donors (Lipinski definition) is 2. The molecule has 6 heteroatoms. The molecule has 0 aromatic carbocycles. The molecule has 0 amide bonds. The summed E-state index contributed by atoms with van der Waals surface area (Å²) in [5.74, 6) is 2.35. The number of nitrogens with one attached hydrogen (secondary N) is 1. The van der Waals surface area contributed by atoms with Crippen molar-refractivity contribution < 1.29 is 5.11 Å². The second-order valence-corrected chi connectivity index (χ2v) is 6.72. The van der Waals surface area contributed by atoms with E-state index in [4.69, 9.17) is 0 Å². The van der Waals surface area contributed by atoms with E-state index in [1.54, 1.807) is 0 Å². The molecular formula is C15H21N5O. The Hall–Kier alpha value is -1.69. The smallest absolute Gasteiger partial charge is 0.178 e. The third-order valence-corrected chi connectivity index (χ3v) is 4.99. The second kappa shape index (κ2) is 4.66. The van der Waals surface area contributed by atoms with Crippen LogP contribution in [0.25, 0.3) is 5.65 Å². The largest absolute Gasteiger partial charge is 0.396 e. The minimum atomic E-state index is -0.0524. The number of aromatic nitrogens is 4. The van der Waals surface area contributed by atoms with E-state index >= 15 is 0 Å². The predicted octanol–water partition coefficient (Wildman–Crippen LogP) is 1.96. The van der Waals surface area contributed by atoms with Crippen molar-refractivity contribution in [2.75, 3.05) is 11.9 Å². The van der Waals surface area contributed by atoms with Crippen LogP contribution < -0.4 is 5.32 Å². The molecule has 0 spiro atoms. The highest BCUT2D eigenvalue weighted by Gasteiger charge is 2.38. The molecule has 2 heterocycles. The molecule has 2 aliphatic rings. The lowest BCUT2D eigenvalue weighted by atomic mass is 9.86. The zero-order chi connectivity index (χ0) is 14.4. The molecule has 2 fully saturated rings. The van der Waals surface area contributed by atoms with Crippen molar-refractivity contribution in [3.63, 3.8) is 0 Å². The van der Waals surface area contributed by atoms with E-state index in [9.17, 15) is 5.11 Å². The highest BCUT2D eigenvalue weighted by Crippen LogP contribution is 2.40. The summed E-state index contributed by atoms with van der Waals surface area (Å²) in [6.07, 6.45) is 5.66. The molecule has 21 heavy (non-hydrogen) atoms. The number of aliphatic hydroxyl groups excluding tert-OH is 1. The van der Waals surface area contributed by atoms with Crippen molar-refractivity contribution in [2.45, 2.75) is 51.0 Å². The maximum absolute atomic E-state index is 9.65.